The number of imidazole rings is 2. The number of aromatic nitrogens is 4. The normalized spacial score (nSPS) is 18.5. The van der Waals surface area contributed by atoms with Crippen molar-refractivity contribution in [1.29, 1.82) is 0 Å². The first-order valence-electron chi connectivity index (χ1n) is 8.92. The highest BCUT2D eigenvalue weighted by molar-refractivity contribution is 5.59. The number of ether oxygens (including phenoxy) is 1. The van der Waals surface area contributed by atoms with Gasteiger partial charge in [-0.15, -0.1) is 0 Å². The molecular formula is C19H20F3N5O. The van der Waals surface area contributed by atoms with E-state index in [2.05, 4.69) is 19.9 Å². The van der Waals surface area contributed by atoms with Gasteiger partial charge in [0, 0.05) is 26.0 Å². The first kappa shape index (κ1) is 18.7. The maximum absolute atomic E-state index is 12.7. The third-order valence-corrected chi connectivity index (χ3v) is 4.94. The first-order valence-corrected chi connectivity index (χ1v) is 8.92. The molecule has 1 atom stereocenters. The van der Waals surface area contributed by atoms with Crippen LogP contribution in [0.15, 0.2) is 42.9 Å². The van der Waals surface area contributed by atoms with Crippen LogP contribution >= 0.6 is 0 Å². The second-order valence-electron chi connectivity index (χ2n) is 6.77. The van der Waals surface area contributed by atoms with E-state index in [1.54, 1.807) is 12.4 Å². The predicted molar refractivity (Wildman–Crippen MR) is 96.2 cm³/mol. The van der Waals surface area contributed by atoms with Gasteiger partial charge < -0.3 is 14.3 Å². The summed E-state index contributed by atoms with van der Waals surface area (Å²) in [5.74, 6) is 1.67. The molecule has 0 aliphatic carbocycles. The van der Waals surface area contributed by atoms with Crippen LogP contribution in [0.3, 0.4) is 0 Å². The number of morpholine rings is 1. The van der Waals surface area contributed by atoms with Crippen molar-refractivity contribution in [1.82, 2.24) is 24.4 Å². The number of alkyl halides is 3. The molecule has 1 aliphatic rings. The number of nitrogens with one attached hydrogen (secondary N) is 1. The fraction of sp³-hybridized carbons (Fsp3) is 0.368. The highest BCUT2D eigenvalue weighted by Gasteiger charge is 2.30. The second-order valence-corrected chi connectivity index (χ2v) is 6.77. The van der Waals surface area contributed by atoms with Crippen LogP contribution in [-0.4, -0.2) is 44.2 Å². The number of nitrogens with zero attached hydrogens (tertiary/aromatic N) is 4. The zero-order valence-corrected chi connectivity index (χ0v) is 15.3. The summed E-state index contributed by atoms with van der Waals surface area (Å²) in [7, 11) is 1.95. The van der Waals surface area contributed by atoms with Crippen molar-refractivity contribution in [3.8, 4) is 11.3 Å². The number of hydrogen-bond donors (Lipinski definition) is 1. The van der Waals surface area contributed by atoms with Crippen LogP contribution in [0.2, 0.25) is 0 Å². The molecular weight excluding hydrogens is 371 g/mol. The molecule has 3 heterocycles. The van der Waals surface area contributed by atoms with E-state index in [9.17, 15) is 13.2 Å². The molecule has 1 saturated heterocycles. The molecule has 0 bridgehead atoms. The van der Waals surface area contributed by atoms with Crippen molar-refractivity contribution in [3.05, 3.63) is 60.1 Å². The Kier molecular flexibility index (Phi) is 4.94. The maximum Gasteiger partial charge on any atom is 0.416 e. The molecule has 0 spiro atoms. The van der Waals surface area contributed by atoms with E-state index < -0.39 is 11.7 Å². The Morgan fingerprint density at radius 3 is 2.68 bits per heavy atom. The van der Waals surface area contributed by atoms with E-state index in [0.29, 0.717) is 31.0 Å². The van der Waals surface area contributed by atoms with Crippen molar-refractivity contribution < 1.29 is 17.9 Å². The minimum Gasteiger partial charge on any atom is -0.378 e. The summed E-state index contributed by atoms with van der Waals surface area (Å²) >= 11 is 0. The minimum atomic E-state index is -4.34. The molecule has 9 heteroatoms. The van der Waals surface area contributed by atoms with Crippen LogP contribution in [0.25, 0.3) is 11.3 Å². The van der Waals surface area contributed by atoms with Crippen LogP contribution in [0, 0.1) is 0 Å². The summed E-state index contributed by atoms with van der Waals surface area (Å²) in [6, 6.07) is 4.97. The lowest BCUT2D eigenvalue weighted by Gasteiger charge is -2.34. The fourth-order valence-electron chi connectivity index (χ4n) is 3.30. The molecule has 28 heavy (non-hydrogen) atoms. The Morgan fingerprint density at radius 2 is 2.00 bits per heavy atom. The molecule has 148 valence electrons. The van der Waals surface area contributed by atoms with Gasteiger partial charge in [-0.25, -0.2) is 9.97 Å². The number of hydrogen-bond acceptors (Lipinski definition) is 4. The van der Waals surface area contributed by atoms with E-state index in [1.165, 1.54) is 12.1 Å². The minimum absolute atomic E-state index is 0.0753. The SMILES string of the molecule is Cn1ccnc1CN1CCOC[C@H]1c1ncc(-c2ccc(C(F)(F)F)cc2)[nH]1. The number of halogens is 3. The van der Waals surface area contributed by atoms with E-state index in [0.717, 1.165) is 30.3 Å². The maximum atomic E-state index is 12.7. The highest BCUT2D eigenvalue weighted by Crippen LogP contribution is 2.31. The van der Waals surface area contributed by atoms with Crippen molar-refractivity contribution in [3.63, 3.8) is 0 Å². The highest BCUT2D eigenvalue weighted by atomic mass is 19.4. The molecule has 1 fully saturated rings. The average molecular weight is 391 g/mol. The lowest BCUT2D eigenvalue weighted by Crippen LogP contribution is -2.40. The van der Waals surface area contributed by atoms with Gasteiger partial charge in [0.1, 0.15) is 11.6 Å². The van der Waals surface area contributed by atoms with Crippen LogP contribution in [0.1, 0.15) is 23.3 Å². The summed E-state index contributed by atoms with van der Waals surface area (Å²) in [5.41, 5.74) is 0.656. The van der Waals surface area contributed by atoms with E-state index in [1.807, 2.05) is 17.8 Å². The topological polar surface area (TPSA) is 59.0 Å². The Hall–Kier alpha value is -2.65. The van der Waals surface area contributed by atoms with Crippen molar-refractivity contribution >= 4 is 0 Å². The summed E-state index contributed by atoms with van der Waals surface area (Å²) in [6.07, 6.45) is 0.967. The fourth-order valence-corrected chi connectivity index (χ4v) is 3.30. The first-order chi connectivity index (χ1) is 13.4. The molecule has 0 amide bonds. The van der Waals surface area contributed by atoms with Gasteiger partial charge in [-0.3, -0.25) is 4.90 Å². The van der Waals surface area contributed by atoms with Gasteiger partial charge >= 0.3 is 6.18 Å². The molecule has 2 aromatic heterocycles. The van der Waals surface area contributed by atoms with Crippen LogP contribution in [-0.2, 0) is 24.5 Å². The standard InChI is InChI=1S/C19H20F3N5O/c1-26-7-6-23-17(26)11-27-8-9-28-12-16(27)18-24-10-15(25-18)13-2-4-14(5-3-13)19(20,21)22/h2-7,10,16H,8-9,11-12H2,1H3,(H,24,25)/t16-/m0/s1. The Labute approximate surface area is 160 Å². The quantitative estimate of drug-likeness (QED) is 0.741. The third kappa shape index (κ3) is 3.81. The largest absolute Gasteiger partial charge is 0.416 e. The lowest BCUT2D eigenvalue weighted by atomic mass is 10.1. The van der Waals surface area contributed by atoms with Crippen molar-refractivity contribution in [2.75, 3.05) is 19.8 Å². The Balaban J connectivity index is 1.54. The summed E-state index contributed by atoms with van der Waals surface area (Å²) < 4.78 is 45.9. The average Bonchev–Trinajstić information content (AvgIpc) is 3.31. The molecule has 1 aliphatic heterocycles. The van der Waals surface area contributed by atoms with Crippen molar-refractivity contribution in [2.45, 2.75) is 18.8 Å². The van der Waals surface area contributed by atoms with Gasteiger partial charge in [-0.2, -0.15) is 13.2 Å². The molecule has 0 unspecified atom stereocenters. The number of benzene rings is 1. The van der Waals surface area contributed by atoms with Gasteiger partial charge in [-0.1, -0.05) is 12.1 Å². The molecule has 0 radical (unpaired) electrons. The van der Waals surface area contributed by atoms with E-state index in [-0.39, 0.29) is 6.04 Å². The summed E-state index contributed by atoms with van der Waals surface area (Å²) in [6.45, 7) is 2.53. The van der Waals surface area contributed by atoms with Gasteiger partial charge in [-0.05, 0) is 17.7 Å². The second kappa shape index (κ2) is 7.40. The number of aryl methyl sites for hydroxylation is 1. The predicted octanol–water partition coefficient (Wildman–Crippen LogP) is 3.40. The smallest absolute Gasteiger partial charge is 0.378 e. The van der Waals surface area contributed by atoms with Gasteiger partial charge in [0.25, 0.3) is 0 Å². The Bertz CT molecular complexity index is 932. The van der Waals surface area contributed by atoms with Gasteiger partial charge in [0.15, 0.2) is 0 Å². The van der Waals surface area contributed by atoms with E-state index in [4.69, 9.17) is 4.74 Å². The zero-order chi connectivity index (χ0) is 19.7. The summed E-state index contributed by atoms with van der Waals surface area (Å²) in [5, 5.41) is 0. The van der Waals surface area contributed by atoms with Crippen LogP contribution in [0.5, 0.6) is 0 Å². The molecule has 4 rings (SSSR count). The van der Waals surface area contributed by atoms with Crippen LogP contribution in [0.4, 0.5) is 13.2 Å². The molecule has 3 aromatic rings. The van der Waals surface area contributed by atoms with E-state index >= 15 is 0 Å². The molecule has 6 nitrogen and oxygen atoms in total. The lowest BCUT2D eigenvalue weighted by molar-refractivity contribution is -0.137. The number of H-pyrrole nitrogens is 1. The molecule has 1 N–H and O–H groups in total. The van der Waals surface area contributed by atoms with Gasteiger partial charge in [0.2, 0.25) is 0 Å². The molecule has 0 saturated carbocycles. The van der Waals surface area contributed by atoms with Crippen LogP contribution < -0.4 is 0 Å². The zero-order valence-electron chi connectivity index (χ0n) is 15.3. The molecule has 1 aromatic carbocycles. The Morgan fingerprint density at radius 1 is 1.21 bits per heavy atom. The summed E-state index contributed by atoms with van der Waals surface area (Å²) in [4.78, 5) is 14.3. The third-order valence-electron chi connectivity index (χ3n) is 4.94. The monoisotopic (exact) mass is 391 g/mol. The van der Waals surface area contributed by atoms with Crippen molar-refractivity contribution in [2.24, 2.45) is 7.05 Å². The van der Waals surface area contributed by atoms with Gasteiger partial charge in [0.05, 0.1) is 43.3 Å². The number of aromatic amines is 1. The number of rotatable bonds is 4.